The SMILES string of the molecule is CN(C)CCOc1ccc(C(=O)N(C)CC2(O)CCN(c3cccc4nccn34)C2)cc1. The molecule has 0 saturated carbocycles. The van der Waals surface area contributed by atoms with Crippen molar-refractivity contribution in [2.24, 2.45) is 0 Å². The molecule has 0 aliphatic carbocycles. The van der Waals surface area contributed by atoms with Gasteiger partial charge in [0.2, 0.25) is 0 Å². The van der Waals surface area contributed by atoms with Gasteiger partial charge >= 0.3 is 0 Å². The van der Waals surface area contributed by atoms with Crippen LogP contribution >= 0.6 is 0 Å². The molecule has 1 fully saturated rings. The summed E-state index contributed by atoms with van der Waals surface area (Å²) in [6.45, 7) is 2.86. The van der Waals surface area contributed by atoms with Gasteiger partial charge in [0.15, 0.2) is 0 Å². The highest BCUT2D eigenvalue weighted by Gasteiger charge is 2.38. The lowest BCUT2D eigenvalue weighted by Crippen LogP contribution is -2.46. The van der Waals surface area contributed by atoms with E-state index >= 15 is 0 Å². The number of hydrogen-bond donors (Lipinski definition) is 1. The predicted octanol–water partition coefficient (Wildman–Crippen LogP) is 1.99. The number of hydrogen-bond acceptors (Lipinski definition) is 6. The van der Waals surface area contributed by atoms with Crippen LogP contribution in [0, 0.1) is 0 Å². The number of anilines is 1. The van der Waals surface area contributed by atoms with Crippen molar-refractivity contribution in [3.63, 3.8) is 0 Å². The van der Waals surface area contributed by atoms with Gasteiger partial charge in [0, 0.05) is 44.6 Å². The maximum absolute atomic E-state index is 12.9. The molecule has 170 valence electrons. The van der Waals surface area contributed by atoms with E-state index in [9.17, 15) is 9.90 Å². The van der Waals surface area contributed by atoms with Crippen LogP contribution in [0.5, 0.6) is 5.75 Å². The molecule has 8 nitrogen and oxygen atoms in total. The summed E-state index contributed by atoms with van der Waals surface area (Å²) in [4.78, 5) is 23.1. The van der Waals surface area contributed by atoms with E-state index in [2.05, 4.69) is 14.8 Å². The quantitative estimate of drug-likeness (QED) is 0.581. The first-order valence-electron chi connectivity index (χ1n) is 10.9. The Morgan fingerprint density at radius 2 is 1.97 bits per heavy atom. The summed E-state index contributed by atoms with van der Waals surface area (Å²) in [6, 6.07) is 13.1. The summed E-state index contributed by atoms with van der Waals surface area (Å²) in [5.74, 6) is 1.62. The van der Waals surface area contributed by atoms with Crippen molar-refractivity contribution >= 4 is 17.4 Å². The van der Waals surface area contributed by atoms with Gasteiger partial charge < -0.3 is 24.5 Å². The fraction of sp³-hybridized carbons (Fsp3) is 0.417. The second kappa shape index (κ2) is 9.18. The first-order chi connectivity index (χ1) is 15.3. The highest BCUT2D eigenvalue weighted by Crippen LogP contribution is 2.28. The van der Waals surface area contributed by atoms with Crippen molar-refractivity contribution in [1.29, 1.82) is 0 Å². The molecular weight excluding hydrogens is 406 g/mol. The van der Waals surface area contributed by atoms with Crippen LogP contribution in [-0.4, -0.2) is 89.7 Å². The fourth-order valence-electron chi connectivity index (χ4n) is 4.14. The number of fused-ring (bicyclic) bond motifs is 1. The van der Waals surface area contributed by atoms with E-state index in [0.717, 1.165) is 30.3 Å². The molecule has 2 aromatic heterocycles. The van der Waals surface area contributed by atoms with Crippen LogP contribution in [0.25, 0.3) is 5.65 Å². The molecular formula is C24H31N5O3. The third kappa shape index (κ3) is 4.87. The van der Waals surface area contributed by atoms with Crippen molar-refractivity contribution in [2.75, 3.05) is 58.8 Å². The number of carbonyl (C=O) groups is 1. The van der Waals surface area contributed by atoms with Gasteiger partial charge in [-0.3, -0.25) is 9.20 Å². The van der Waals surface area contributed by atoms with E-state index in [1.165, 1.54) is 0 Å². The molecule has 1 aliphatic rings. The zero-order valence-corrected chi connectivity index (χ0v) is 18.9. The topological polar surface area (TPSA) is 73.6 Å². The molecule has 0 bridgehead atoms. The van der Waals surface area contributed by atoms with Gasteiger partial charge in [-0.25, -0.2) is 4.98 Å². The highest BCUT2D eigenvalue weighted by atomic mass is 16.5. The number of ether oxygens (including phenoxy) is 1. The standard InChI is InChI=1S/C24H31N5O3/c1-26(2)15-16-32-20-9-7-19(8-10-20)23(30)27(3)17-24(31)11-13-28(18-24)22-6-4-5-21-25-12-14-29(21)22/h4-10,12,14,31H,11,13,15-18H2,1-3H3. The number of aromatic nitrogens is 2. The van der Waals surface area contributed by atoms with Crippen molar-refractivity contribution in [1.82, 2.24) is 19.2 Å². The maximum atomic E-state index is 12.9. The van der Waals surface area contributed by atoms with E-state index in [4.69, 9.17) is 4.74 Å². The van der Waals surface area contributed by atoms with Crippen LogP contribution in [0.1, 0.15) is 16.8 Å². The Labute approximate surface area is 188 Å². The highest BCUT2D eigenvalue weighted by molar-refractivity contribution is 5.94. The molecule has 0 spiro atoms. The molecule has 32 heavy (non-hydrogen) atoms. The largest absolute Gasteiger partial charge is 0.492 e. The smallest absolute Gasteiger partial charge is 0.253 e. The Morgan fingerprint density at radius 3 is 2.72 bits per heavy atom. The average Bonchev–Trinajstić information content (AvgIpc) is 3.40. The van der Waals surface area contributed by atoms with Gasteiger partial charge in [-0.05, 0) is 56.9 Å². The number of β-amino-alcohol motifs (C(OH)–C–C–N with tert-alkyl or cyclic N) is 1. The average molecular weight is 438 g/mol. The van der Waals surface area contributed by atoms with Crippen LogP contribution in [0.4, 0.5) is 5.82 Å². The maximum Gasteiger partial charge on any atom is 0.253 e. The molecule has 1 aromatic carbocycles. The molecule has 3 heterocycles. The second-order valence-electron chi connectivity index (χ2n) is 8.77. The van der Waals surface area contributed by atoms with E-state index < -0.39 is 5.60 Å². The third-order valence-corrected chi connectivity index (χ3v) is 5.85. The lowest BCUT2D eigenvalue weighted by molar-refractivity contribution is 0.0264. The third-order valence-electron chi connectivity index (χ3n) is 5.85. The number of pyridine rings is 1. The monoisotopic (exact) mass is 437 g/mol. The molecule has 1 atom stereocenters. The number of carbonyl (C=O) groups excluding carboxylic acids is 1. The van der Waals surface area contributed by atoms with Gasteiger partial charge in [0.05, 0.1) is 6.54 Å². The molecule has 1 unspecified atom stereocenters. The van der Waals surface area contributed by atoms with Gasteiger partial charge in [-0.2, -0.15) is 0 Å². The first kappa shape index (κ1) is 22.1. The van der Waals surface area contributed by atoms with E-state index in [-0.39, 0.29) is 12.5 Å². The van der Waals surface area contributed by atoms with E-state index in [1.807, 2.05) is 55.0 Å². The van der Waals surface area contributed by atoms with E-state index in [0.29, 0.717) is 25.1 Å². The Hall–Kier alpha value is -3.10. The predicted molar refractivity (Wildman–Crippen MR) is 124 cm³/mol. The minimum Gasteiger partial charge on any atom is -0.492 e. The Kier molecular flexibility index (Phi) is 6.34. The summed E-state index contributed by atoms with van der Waals surface area (Å²) >= 11 is 0. The van der Waals surface area contributed by atoms with Crippen molar-refractivity contribution in [3.8, 4) is 5.75 Å². The fourth-order valence-corrected chi connectivity index (χ4v) is 4.14. The summed E-state index contributed by atoms with van der Waals surface area (Å²) in [5, 5.41) is 11.2. The molecule has 1 saturated heterocycles. The molecule has 3 aromatic rings. The number of imidazole rings is 1. The zero-order chi connectivity index (χ0) is 22.7. The molecule has 0 radical (unpaired) electrons. The normalized spacial score (nSPS) is 18.5. The number of benzene rings is 1. The summed E-state index contributed by atoms with van der Waals surface area (Å²) in [5.41, 5.74) is 0.482. The number of nitrogens with zero attached hydrogens (tertiary/aromatic N) is 5. The van der Waals surface area contributed by atoms with Crippen LogP contribution in [0.2, 0.25) is 0 Å². The number of amides is 1. The summed E-state index contributed by atoms with van der Waals surface area (Å²) in [6.07, 6.45) is 4.28. The van der Waals surface area contributed by atoms with Crippen LogP contribution in [0.15, 0.2) is 54.9 Å². The van der Waals surface area contributed by atoms with Crippen LogP contribution < -0.4 is 9.64 Å². The van der Waals surface area contributed by atoms with Crippen LogP contribution in [0.3, 0.4) is 0 Å². The Morgan fingerprint density at radius 1 is 1.19 bits per heavy atom. The molecule has 1 aliphatic heterocycles. The minimum absolute atomic E-state index is 0.117. The number of aliphatic hydroxyl groups is 1. The molecule has 8 heteroatoms. The van der Waals surface area contributed by atoms with Crippen molar-refractivity contribution in [3.05, 3.63) is 60.4 Å². The number of rotatable bonds is 8. The van der Waals surface area contributed by atoms with Crippen molar-refractivity contribution < 1.29 is 14.6 Å². The Balaban J connectivity index is 1.36. The minimum atomic E-state index is -0.970. The zero-order valence-electron chi connectivity index (χ0n) is 18.9. The molecule has 1 N–H and O–H groups in total. The van der Waals surface area contributed by atoms with Gasteiger partial charge in [0.25, 0.3) is 5.91 Å². The van der Waals surface area contributed by atoms with Gasteiger partial charge in [-0.15, -0.1) is 0 Å². The first-order valence-corrected chi connectivity index (χ1v) is 10.9. The molecule has 4 rings (SSSR count). The number of likely N-dealkylation sites (N-methyl/N-ethyl adjacent to an activating group) is 2. The van der Waals surface area contributed by atoms with Gasteiger partial charge in [-0.1, -0.05) is 6.07 Å². The summed E-state index contributed by atoms with van der Waals surface area (Å²) < 4.78 is 7.71. The van der Waals surface area contributed by atoms with Crippen molar-refractivity contribution in [2.45, 2.75) is 12.0 Å². The van der Waals surface area contributed by atoms with Gasteiger partial charge in [0.1, 0.15) is 29.4 Å². The second-order valence-corrected chi connectivity index (χ2v) is 8.77. The lowest BCUT2D eigenvalue weighted by atomic mass is 10.0. The van der Waals surface area contributed by atoms with E-state index in [1.54, 1.807) is 30.3 Å². The lowest BCUT2D eigenvalue weighted by Gasteiger charge is -2.29. The molecule has 1 amide bonds. The Bertz CT molecular complexity index is 1060. The summed E-state index contributed by atoms with van der Waals surface area (Å²) in [7, 11) is 5.73. The van der Waals surface area contributed by atoms with Crippen LogP contribution in [-0.2, 0) is 0 Å².